The third-order valence-electron chi connectivity index (χ3n) is 4.16. The topological polar surface area (TPSA) is 56.3 Å². The van der Waals surface area contributed by atoms with Gasteiger partial charge in [0.25, 0.3) is 0 Å². The lowest BCUT2D eigenvalue weighted by atomic mass is 10.1. The first-order chi connectivity index (χ1) is 12.8. The minimum absolute atomic E-state index is 0.232. The van der Waals surface area contributed by atoms with Crippen LogP contribution in [-0.2, 0) is 0 Å². The predicted octanol–water partition coefficient (Wildman–Crippen LogP) is 4.97. The fourth-order valence-corrected chi connectivity index (χ4v) is 3.84. The summed E-state index contributed by atoms with van der Waals surface area (Å²) in [5, 5.41) is 6.25. The number of nitrogens with one attached hydrogen (secondary N) is 1. The SMILES string of the molecule is Fc1ccc(-c2csc3ncnc(Nc4ccc5c(c4)OCO5)c23)cc1. The van der Waals surface area contributed by atoms with Crippen LogP contribution in [0.3, 0.4) is 0 Å². The van der Waals surface area contributed by atoms with Crippen molar-refractivity contribution in [2.45, 2.75) is 0 Å². The Morgan fingerprint density at radius 3 is 2.73 bits per heavy atom. The number of thiophene rings is 1. The van der Waals surface area contributed by atoms with Crippen LogP contribution in [-0.4, -0.2) is 16.8 Å². The zero-order chi connectivity index (χ0) is 17.5. The van der Waals surface area contributed by atoms with E-state index in [1.807, 2.05) is 23.6 Å². The number of ether oxygens (including phenoxy) is 2. The molecule has 7 heteroatoms. The van der Waals surface area contributed by atoms with E-state index in [1.54, 1.807) is 12.1 Å². The molecule has 0 bridgehead atoms. The Morgan fingerprint density at radius 2 is 1.85 bits per heavy atom. The molecule has 0 saturated carbocycles. The maximum absolute atomic E-state index is 13.3. The molecule has 1 aliphatic heterocycles. The molecule has 0 spiro atoms. The second kappa shape index (κ2) is 5.96. The third kappa shape index (κ3) is 2.53. The fourth-order valence-electron chi connectivity index (χ4n) is 2.92. The molecule has 2 aromatic heterocycles. The number of benzene rings is 2. The van der Waals surface area contributed by atoms with Gasteiger partial charge in [-0.3, -0.25) is 0 Å². The molecule has 0 atom stereocenters. The van der Waals surface area contributed by atoms with Gasteiger partial charge in [-0.05, 0) is 29.8 Å². The number of nitrogens with zero attached hydrogens (tertiary/aromatic N) is 2. The summed E-state index contributed by atoms with van der Waals surface area (Å²) in [5.41, 5.74) is 2.72. The molecule has 0 saturated heterocycles. The Kier molecular flexibility index (Phi) is 3.46. The lowest BCUT2D eigenvalue weighted by molar-refractivity contribution is 0.174. The lowest BCUT2D eigenvalue weighted by Crippen LogP contribution is -1.95. The van der Waals surface area contributed by atoms with Gasteiger partial charge in [0.2, 0.25) is 6.79 Å². The monoisotopic (exact) mass is 365 g/mol. The molecule has 0 aliphatic carbocycles. The van der Waals surface area contributed by atoms with Crippen molar-refractivity contribution in [2.24, 2.45) is 0 Å². The van der Waals surface area contributed by atoms with Crippen LogP contribution in [0.1, 0.15) is 0 Å². The van der Waals surface area contributed by atoms with E-state index in [9.17, 15) is 4.39 Å². The summed E-state index contributed by atoms with van der Waals surface area (Å²) < 4.78 is 24.0. The number of aromatic nitrogens is 2. The Bertz CT molecular complexity index is 1110. The molecular weight excluding hydrogens is 353 g/mol. The van der Waals surface area contributed by atoms with Gasteiger partial charge in [0.05, 0.1) is 5.39 Å². The van der Waals surface area contributed by atoms with Crippen molar-refractivity contribution in [3.63, 3.8) is 0 Å². The summed E-state index contributed by atoms with van der Waals surface area (Å²) in [6, 6.07) is 12.1. The molecular formula is C19H12FN3O2S. The highest BCUT2D eigenvalue weighted by Gasteiger charge is 2.16. The third-order valence-corrected chi connectivity index (χ3v) is 5.05. The zero-order valence-corrected chi connectivity index (χ0v) is 14.2. The van der Waals surface area contributed by atoms with E-state index in [4.69, 9.17) is 9.47 Å². The highest BCUT2D eigenvalue weighted by atomic mass is 32.1. The van der Waals surface area contributed by atoms with Crippen molar-refractivity contribution < 1.29 is 13.9 Å². The first-order valence-electron chi connectivity index (χ1n) is 7.93. The second-order valence-electron chi connectivity index (χ2n) is 5.75. The van der Waals surface area contributed by atoms with Crippen LogP contribution in [0.2, 0.25) is 0 Å². The molecule has 1 aliphatic rings. The van der Waals surface area contributed by atoms with Gasteiger partial charge in [-0.15, -0.1) is 11.3 Å². The summed E-state index contributed by atoms with van der Waals surface area (Å²) in [5.74, 6) is 1.85. The van der Waals surface area contributed by atoms with Crippen LogP contribution in [0.5, 0.6) is 11.5 Å². The molecule has 3 heterocycles. The molecule has 26 heavy (non-hydrogen) atoms. The van der Waals surface area contributed by atoms with Crippen molar-refractivity contribution in [1.29, 1.82) is 0 Å². The Hall–Kier alpha value is -3.19. The normalized spacial score (nSPS) is 12.5. The number of halogens is 1. The number of rotatable bonds is 3. The summed E-state index contributed by atoms with van der Waals surface area (Å²) >= 11 is 1.53. The standard InChI is InChI=1S/C19H12FN3O2S/c20-12-3-1-11(2-4-12)14-8-26-19-17(14)18(21-9-22-19)23-13-5-6-15-16(7-13)25-10-24-15/h1-9H,10H2,(H,21,22,23). The molecule has 0 amide bonds. The van der Waals surface area contributed by atoms with Crippen LogP contribution in [0, 0.1) is 5.82 Å². The average Bonchev–Trinajstić information content (AvgIpc) is 3.29. The zero-order valence-electron chi connectivity index (χ0n) is 13.4. The number of anilines is 2. The van der Waals surface area contributed by atoms with Gasteiger partial charge in [-0.2, -0.15) is 0 Å². The highest BCUT2D eigenvalue weighted by Crippen LogP contribution is 2.39. The van der Waals surface area contributed by atoms with E-state index in [0.717, 1.165) is 32.8 Å². The van der Waals surface area contributed by atoms with E-state index in [0.29, 0.717) is 11.6 Å². The Labute approximate surface area is 152 Å². The van der Waals surface area contributed by atoms with Crippen molar-refractivity contribution in [2.75, 3.05) is 12.1 Å². The number of hydrogen-bond acceptors (Lipinski definition) is 6. The van der Waals surface area contributed by atoms with Gasteiger partial charge < -0.3 is 14.8 Å². The van der Waals surface area contributed by atoms with E-state index in [2.05, 4.69) is 15.3 Å². The van der Waals surface area contributed by atoms with Crippen molar-refractivity contribution >= 4 is 33.1 Å². The van der Waals surface area contributed by atoms with Crippen LogP contribution < -0.4 is 14.8 Å². The summed E-state index contributed by atoms with van der Waals surface area (Å²) in [4.78, 5) is 9.63. The Balaban J connectivity index is 1.59. The lowest BCUT2D eigenvalue weighted by Gasteiger charge is -2.09. The predicted molar refractivity (Wildman–Crippen MR) is 98.7 cm³/mol. The van der Waals surface area contributed by atoms with Gasteiger partial charge in [-0.1, -0.05) is 12.1 Å². The summed E-state index contributed by atoms with van der Waals surface area (Å²) in [6.07, 6.45) is 1.53. The van der Waals surface area contributed by atoms with Gasteiger partial charge >= 0.3 is 0 Å². The summed E-state index contributed by atoms with van der Waals surface area (Å²) in [7, 11) is 0. The molecule has 4 aromatic rings. The van der Waals surface area contributed by atoms with E-state index < -0.39 is 0 Å². The molecule has 0 unspecified atom stereocenters. The van der Waals surface area contributed by atoms with Crippen LogP contribution in [0.15, 0.2) is 54.2 Å². The number of hydrogen-bond donors (Lipinski definition) is 1. The Morgan fingerprint density at radius 1 is 1.00 bits per heavy atom. The minimum atomic E-state index is -0.261. The largest absolute Gasteiger partial charge is 0.454 e. The average molecular weight is 365 g/mol. The highest BCUT2D eigenvalue weighted by molar-refractivity contribution is 7.17. The van der Waals surface area contributed by atoms with Crippen LogP contribution in [0.25, 0.3) is 21.3 Å². The van der Waals surface area contributed by atoms with Gasteiger partial charge in [0, 0.05) is 22.7 Å². The molecule has 5 rings (SSSR count). The van der Waals surface area contributed by atoms with E-state index >= 15 is 0 Å². The molecule has 5 nitrogen and oxygen atoms in total. The first-order valence-corrected chi connectivity index (χ1v) is 8.81. The minimum Gasteiger partial charge on any atom is -0.454 e. The van der Waals surface area contributed by atoms with Crippen molar-refractivity contribution in [3.8, 4) is 22.6 Å². The van der Waals surface area contributed by atoms with Crippen LogP contribution >= 0.6 is 11.3 Å². The van der Waals surface area contributed by atoms with Crippen molar-refractivity contribution in [3.05, 3.63) is 60.0 Å². The quantitative estimate of drug-likeness (QED) is 0.555. The fraction of sp³-hybridized carbons (Fsp3) is 0.0526. The maximum atomic E-state index is 13.3. The smallest absolute Gasteiger partial charge is 0.231 e. The molecule has 128 valence electrons. The van der Waals surface area contributed by atoms with E-state index in [1.165, 1.54) is 29.8 Å². The summed E-state index contributed by atoms with van der Waals surface area (Å²) in [6.45, 7) is 0.232. The van der Waals surface area contributed by atoms with Crippen molar-refractivity contribution in [1.82, 2.24) is 9.97 Å². The van der Waals surface area contributed by atoms with Gasteiger partial charge in [-0.25, -0.2) is 14.4 Å². The van der Waals surface area contributed by atoms with Gasteiger partial charge in [0.15, 0.2) is 11.5 Å². The second-order valence-corrected chi connectivity index (χ2v) is 6.61. The maximum Gasteiger partial charge on any atom is 0.231 e. The van der Waals surface area contributed by atoms with Crippen LogP contribution in [0.4, 0.5) is 15.9 Å². The molecule has 0 fully saturated rings. The number of fused-ring (bicyclic) bond motifs is 2. The molecule has 1 N–H and O–H groups in total. The first kappa shape index (κ1) is 15.1. The molecule has 0 radical (unpaired) electrons. The van der Waals surface area contributed by atoms with Gasteiger partial charge in [0.1, 0.15) is 22.8 Å². The van der Waals surface area contributed by atoms with E-state index in [-0.39, 0.29) is 12.6 Å². The molecule has 2 aromatic carbocycles.